The highest BCUT2D eigenvalue weighted by Gasteiger charge is 2.35. The van der Waals surface area contributed by atoms with E-state index < -0.39 is 0 Å². The van der Waals surface area contributed by atoms with E-state index in [4.69, 9.17) is 9.47 Å². The van der Waals surface area contributed by atoms with Gasteiger partial charge >= 0.3 is 0 Å². The van der Waals surface area contributed by atoms with Gasteiger partial charge in [0.05, 0.1) is 42.5 Å². The highest BCUT2D eigenvalue weighted by atomic mass is 32.2. The molecule has 180 valence electrons. The number of thioether (sulfide) groups is 1. The van der Waals surface area contributed by atoms with Crippen LogP contribution in [0.15, 0.2) is 41.4 Å². The second-order valence-electron chi connectivity index (χ2n) is 9.28. The number of aromatic nitrogens is 2. The summed E-state index contributed by atoms with van der Waals surface area (Å²) >= 11 is 1.51. The van der Waals surface area contributed by atoms with Crippen molar-refractivity contribution in [3.63, 3.8) is 0 Å². The number of fused-ring (bicyclic) bond motifs is 4. The number of anilines is 2. The van der Waals surface area contributed by atoms with Gasteiger partial charge in [0.1, 0.15) is 11.6 Å². The Balaban J connectivity index is 1.14. The number of ether oxygens (including phenoxy) is 2. The van der Waals surface area contributed by atoms with Crippen LogP contribution in [0, 0.1) is 11.8 Å². The number of nitrogens with one attached hydrogen (secondary N) is 2. The maximum atomic E-state index is 13.2. The summed E-state index contributed by atoms with van der Waals surface area (Å²) < 4.78 is 11.8. The van der Waals surface area contributed by atoms with Crippen molar-refractivity contribution in [2.24, 2.45) is 11.8 Å². The Kier molecular flexibility index (Phi) is 5.72. The van der Waals surface area contributed by atoms with E-state index in [0.29, 0.717) is 35.2 Å². The zero-order chi connectivity index (χ0) is 23.9. The van der Waals surface area contributed by atoms with Gasteiger partial charge in [-0.25, -0.2) is 4.98 Å². The number of pyridine rings is 2. The smallest absolute Gasteiger partial charge is 0.234 e. The fourth-order valence-corrected chi connectivity index (χ4v) is 6.06. The minimum absolute atomic E-state index is 0.00367. The average Bonchev–Trinajstić information content (AvgIpc) is 2.91. The first-order chi connectivity index (χ1) is 17.1. The lowest BCUT2D eigenvalue weighted by molar-refractivity contribution is -0.113. The summed E-state index contributed by atoms with van der Waals surface area (Å²) in [6.07, 6.45) is 5.31. The van der Waals surface area contributed by atoms with Crippen molar-refractivity contribution < 1.29 is 19.1 Å². The number of hydrogen-bond donors (Lipinski definition) is 2. The molecule has 1 saturated carbocycles. The summed E-state index contributed by atoms with van der Waals surface area (Å²) in [5.41, 5.74) is 3.73. The lowest BCUT2D eigenvalue weighted by Gasteiger charge is -2.36. The van der Waals surface area contributed by atoms with Crippen molar-refractivity contribution in [3.8, 4) is 11.6 Å². The standard InChI is InChI=1S/C26H26N4O4S/c1-33-23-9-7-17-24(30-23)26-19(11-27-17)28-12-20(34-26)14-2-4-15(5-3-14)25(32)16-6-8-21-18(10-16)29-22(31)13-35-21/h6-11,14-15,20,28H,2-5,12-13H2,1H3,(H,29,31). The highest BCUT2D eigenvalue weighted by Crippen LogP contribution is 2.41. The SMILES string of the molecule is COc1ccc2ncc3c(c2n1)OC(C1CCC(C(=O)c2ccc4c(c2)NC(=O)CS4)CC1)CN3. The minimum Gasteiger partial charge on any atom is -0.484 e. The molecule has 1 amide bonds. The first-order valence-corrected chi connectivity index (χ1v) is 12.9. The van der Waals surface area contributed by atoms with Gasteiger partial charge < -0.3 is 20.1 Å². The van der Waals surface area contributed by atoms with E-state index in [9.17, 15) is 9.59 Å². The van der Waals surface area contributed by atoms with Crippen LogP contribution in [0.3, 0.4) is 0 Å². The summed E-state index contributed by atoms with van der Waals surface area (Å²) in [6, 6.07) is 9.35. The van der Waals surface area contributed by atoms with Crippen molar-refractivity contribution in [3.05, 3.63) is 42.1 Å². The van der Waals surface area contributed by atoms with E-state index >= 15 is 0 Å². The number of amides is 1. The normalized spacial score (nSPS) is 23.3. The van der Waals surface area contributed by atoms with Crippen LogP contribution in [0.4, 0.5) is 11.4 Å². The Bertz CT molecular complexity index is 1320. The third-order valence-corrected chi connectivity index (χ3v) is 8.25. The lowest BCUT2D eigenvalue weighted by atomic mass is 9.76. The van der Waals surface area contributed by atoms with Crippen LogP contribution in [0.1, 0.15) is 36.0 Å². The average molecular weight is 491 g/mol. The number of rotatable bonds is 4. The molecule has 1 fully saturated rings. The molecule has 2 N–H and O–H groups in total. The summed E-state index contributed by atoms with van der Waals surface area (Å²) in [4.78, 5) is 35.0. The third kappa shape index (κ3) is 4.18. The second-order valence-corrected chi connectivity index (χ2v) is 10.3. The van der Waals surface area contributed by atoms with E-state index in [-0.39, 0.29) is 23.7 Å². The third-order valence-electron chi connectivity index (χ3n) is 7.18. The maximum absolute atomic E-state index is 13.2. The Morgan fingerprint density at radius 2 is 2.00 bits per heavy atom. The van der Waals surface area contributed by atoms with Crippen LogP contribution in [0.2, 0.25) is 0 Å². The van der Waals surface area contributed by atoms with E-state index in [1.807, 2.05) is 24.3 Å². The van der Waals surface area contributed by atoms with Gasteiger partial charge in [0.25, 0.3) is 0 Å². The molecule has 4 heterocycles. The Hall–Kier alpha value is -3.33. The predicted octanol–water partition coefficient (Wildman–Crippen LogP) is 4.54. The van der Waals surface area contributed by atoms with Crippen LogP contribution >= 0.6 is 11.8 Å². The molecule has 1 unspecified atom stereocenters. The number of carbonyl (C=O) groups excluding carboxylic acids is 2. The molecule has 3 aliphatic rings. The Labute approximate surface area is 207 Å². The number of benzene rings is 1. The topological polar surface area (TPSA) is 102 Å². The molecular formula is C26H26N4O4S. The van der Waals surface area contributed by atoms with Gasteiger partial charge in [-0.15, -0.1) is 11.8 Å². The number of methoxy groups -OCH3 is 1. The van der Waals surface area contributed by atoms with Crippen LogP contribution in [-0.4, -0.2) is 47.2 Å². The van der Waals surface area contributed by atoms with Crippen molar-refractivity contribution in [1.82, 2.24) is 9.97 Å². The fourth-order valence-electron chi connectivity index (χ4n) is 5.28. The molecule has 0 bridgehead atoms. The monoisotopic (exact) mass is 490 g/mol. The molecule has 8 nitrogen and oxygen atoms in total. The summed E-state index contributed by atoms with van der Waals surface area (Å²) in [5.74, 6) is 2.16. The van der Waals surface area contributed by atoms with E-state index in [1.54, 1.807) is 19.4 Å². The van der Waals surface area contributed by atoms with Gasteiger partial charge in [-0.2, -0.15) is 0 Å². The molecule has 2 aromatic heterocycles. The zero-order valence-electron chi connectivity index (χ0n) is 19.4. The summed E-state index contributed by atoms with van der Waals surface area (Å²) in [6.45, 7) is 0.704. The van der Waals surface area contributed by atoms with Gasteiger partial charge in [0.15, 0.2) is 11.5 Å². The molecule has 0 spiro atoms. The molecule has 9 heteroatoms. The molecular weight excluding hydrogens is 464 g/mol. The van der Waals surface area contributed by atoms with Crippen molar-refractivity contribution in [2.45, 2.75) is 36.7 Å². The molecule has 1 aromatic carbocycles. The van der Waals surface area contributed by atoms with Gasteiger partial charge in [-0.3, -0.25) is 14.6 Å². The molecule has 1 atom stereocenters. The molecule has 2 aliphatic heterocycles. The van der Waals surface area contributed by atoms with Gasteiger partial charge in [-0.1, -0.05) is 6.07 Å². The lowest BCUT2D eigenvalue weighted by Crippen LogP contribution is -2.39. The van der Waals surface area contributed by atoms with Crippen molar-refractivity contribution in [1.29, 1.82) is 0 Å². The Morgan fingerprint density at radius 3 is 2.83 bits per heavy atom. The minimum atomic E-state index is -0.0209. The van der Waals surface area contributed by atoms with Crippen LogP contribution in [0.25, 0.3) is 11.0 Å². The van der Waals surface area contributed by atoms with E-state index in [0.717, 1.165) is 53.2 Å². The summed E-state index contributed by atoms with van der Waals surface area (Å²) in [7, 11) is 1.60. The van der Waals surface area contributed by atoms with Gasteiger partial charge in [-0.05, 0) is 49.8 Å². The predicted molar refractivity (Wildman–Crippen MR) is 135 cm³/mol. The number of carbonyl (C=O) groups is 2. The molecule has 0 radical (unpaired) electrons. The number of nitrogens with zero attached hydrogens (tertiary/aromatic N) is 2. The van der Waals surface area contributed by atoms with Crippen LogP contribution in [0.5, 0.6) is 11.6 Å². The van der Waals surface area contributed by atoms with Gasteiger partial charge in [0, 0.05) is 22.4 Å². The number of Topliss-reactive ketones (excluding diaryl/α,β-unsaturated/α-hetero) is 1. The molecule has 3 aromatic rings. The van der Waals surface area contributed by atoms with Crippen molar-refractivity contribution >= 4 is 45.9 Å². The second kappa shape index (κ2) is 9.03. The quantitative estimate of drug-likeness (QED) is 0.514. The molecule has 35 heavy (non-hydrogen) atoms. The Morgan fingerprint density at radius 1 is 1.14 bits per heavy atom. The first-order valence-electron chi connectivity index (χ1n) is 11.9. The molecule has 6 rings (SSSR count). The zero-order valence-corrected chi connectivity index (χ0v) is 20.2. The summed E-state index contributed by atoms with van der Waals surface area (Å²) in [5, 5.41) is 6.34. The molecule has 0 saturated heterocycles. The van der Waals surface area contributed by atoms with Gasteiger partial charge in [0.2, 0.25) is 11.8 Å². The van der Waals surface area contributed by atoms with E-state index in [1.165, 1.54) is 11.8 Å². The van der Waals surface area contributed by atoms with Crippen molar-refractivity contribution in [2.75, 3.05) is 30.0 Å². The maximum Gasteiger partial charge on any atom is 0.234 e. The number of hydrogen-bond acceptors (Lipinski definition) is 8. The van der Waals surface area contributed by atoms with Crippen LogP contribution in [-0.2, 0) is 4.79 Å². The molecule has 1 aliphatic carbocycles. The van der Waals surface area contributed by atoms with Crippen LogP contribution < -0.4 is 20.1 Å². The first kappa shape index (κ1) is 22.2. The highest BCUT2D eigenvalue weighted by molar-refractivity contribution is 8.00. The van der Waals surface area contributed by atoms with E-state index in [2.05, 4.69) is 20.6 Å². The largest absolute Gasteiger partial charge is 0.484 e. The number of ketones is 1. The fraction of sp³-hybridized carbons (Fsp3) is 0.385.